The first-order valence-corrected chi connectivity index (χ1v) is 11.4. The van der Waals surface area contributed by atoms with Crippen LogP contribution < -0.4 is 10.6 Å². The summed E-state index contributed by atoms with van der Waals surface area (Å²) in [5.41, 5.74) is 3.54. The topological polar surface area (TPSA) is 80.3 Å². The van der Waals surface area contributed by atoms with Crippen molar-refractivity contribution in [1.29, 1.82) is 0 Å². The fourth-order valence-electron chi connectivity index (χ4n) is 3.23. The molecule has 7 heteroatoms. The molecule has 6 nitrogen and oxygen atoms in total. The molecule has 4 rings (SSSR count). The first-order chi connectivity index (χ1) is 16.2. The van der Waals surface area contributed by atoms with Crippen LogP contribution in [0.25, 0.3) is 11.3 Å². The number of carbonyl (C=O) groups is 2. The lowest BCUT2D eigenvalue weighted by molar-refractivity contribution is -0.118. The number of thiazole rings is 1. The van der Waals surface area contributed by atoms with Gasteiger partial charge >= 0.3 is 6.09 Å². The van der Waals surface area contributed by atoms with Gasteiger partial charge < -0.3 is 15.4 Å². The largest absolute Gasteiger partial charge is 0.445 e. The summed E-state index contributed by atoms with van der Waals surface area (Å²) in [7, 11) is 0. The first kappa shape index (κ1) is 22.2. The normalized spacial score (nSPS) is 11.4. The van der Waals surface area contributed by atoms with E-state index in [1.165, 1.54) is 11.3 Å². The van der Waals surface area contributed by atoms with Gasteiger partial charge in [0, 0.05) is 17.4 Å². The van der Waals surface area contributed by atoms with Crippen molar-refractivity contribution in [3.05, 3.63) is 108 Å². The Morgan fingerprint density at radius 1 is 0.848 bits per heavy atom. The summed E-state index contributed by atoms with van der Waals surface area (Å²) < 4.78 is 5.32. The van der Waals surface area contributed by atoms with Crippen LogP contribution in [0.4, 0.5) is 9.93 Å². The van der Waals surface area contributed by atoms with Crippen LogP contribution in [0.3, 0.4) is 0 Å². The van der Waals surface area contributed by atoms with Gasteiger partial charge in [-0.1, -0.05) is 91.0 Å². The minimum atomic E-state index is -0.820. The average molecular weight is 458 g/mol. The van der Waals surface area contributed by atoms with Crippen molar-refractivity contribution in [2.45, 2.75) is 19.1 Å². The van der Waals surface area contributed by atoms with Gasteiger partial charge in [-0.2, -0.15) is 0 Å². The summed E-state index contributed by atoms with van der Waals surface area (Å²) >= 11 is 1.34. The van der Waals surface area contributed by atoms with Gasteiger partial charge in [-0.25, -0.2) is 9.78 Å². The van der Waals surface area contributed by atoms with E-state index >= 15 is 0 Å². The molecule has 0 bridgehead atoms. The van der Waals surface area contributed by atoms with E-state index < -0.39 is 12.1 Å². The van der Waals surface area contributed by atoms with Gasteiger partial charge in [-0.3, -0.25) is 4.79 Å². The van der Waals surface area contributed by atoms with Crippen molar-refractivity contribution in [1.82, 2.24) is 10.3 Å². The number of carbonyl (C=O) groups excluding carboxylic acids is 2. The van der Waals surface area contributed by atoms with E-state index in [-0.39, 0.29) is 12.5 Å². The minimum absolute atomic E-state index is 0.124. The van der Waals surface area contributed by atoms with Gasteiger partial charge in [0.05, 0.1) is 5.69 Å². The fourth-order valence-corrected chi connectivity index (χ4v) is 3.95. The van der Waals surface area contributed by atoms with E-state index in [0.29, 0.717) is 11.6 Å². The molecule has 0 fully saturated rings. The summed E-state index contributed by atoms with van der Waals surface area (Å²) in [5.74, 6) is -0.357. The Kier molecular flexibility index (Phi) is 7.45. The Bertz CT molecular complexity index is 1180. The lowest BCUT2D eigenvalue weighted by atomic mass is 10.1. The second-order valence-corrected chi connectivity index (χ2v) is 8.20. The summed E-state index contributed by atoms with van der Waals surface area (Å²) in [5, 5.41) is 7.88. The lowest BCUT2D eigenvalue weighted by Gasteiger charge is -2.18. The molecule has 0 unspecified atom stereocenters. The molecule has 1 atom stereocenters. The molecule has 33 heavy (non-hydrogen) atoms. The number of alkyl carbamates (subject to hydrolysis) is 1. The molecule has 0 aliphatic carbocycles. The number of nitrogens with one attached hydrogen (secondary N) is 2. The van der Waals surface area contributed by atoms with E-state index in [1.54, 1.807) is 0 Å². The molecule has 0 aliphatic heterocycles. The molecular formula is C26H23N3O3S. The van der Waals surface area contributed by atoms with Crippen molar-refractivity contribution in [2.75, 3.05) is 5.32 Å². The molecule has 0 saturated carbocycles. The van der Waals surface area contributed by atoms with Gasteiger partial charge in [-0.15, -0.1) is 11.3 Å². The number of aromatic nitrogens is 1. The molecule has 1 heterocycles. The second kappa shape index (κ2) is 11.1. The van der Waals surface area contributed by atoms with Crippen molar-refractivity contribution in [3.63, 3.8) is 0 Å². The third-order valence-electron chi connectivity index (χ3n) is 4.91. The average Bonchev–Trinajstić information content (AvgIpc) is 3.33. The number of rotatable bonds is 8. The van der Waals surface area contributed by atoms with E-state index in [0.717, 1.165) is 22.4 Å². The Morgan fingerprint density at radius 3 is 2.12 bits per heavy atom. The highest BCUT2D eigenvalue weighted by Crippen LogP contribution is 2.24. The lowest BCUT2D eigenvalue weighted by Crippen LogP contribution is -2.45. The quantitative estimate of drug-likeness (QED) is 0.377. The highest BCUT2D eigenvalue weighted by Gasteiger charge is 2.23. The van der Waals surface area contributed by atoms with Gasteiger partial charge in [0.2, 0.25) is 5.91 Å². The van der Waals surface area contributed by atoms with Crippen LogP contribution in [0.2, 0.25) is 0 Å². The third kappa shape index (κ3) is 6.51. The number of ether oxygens (including phenoxy) is 1. The van der Waals surface area contributed by atoms with Crippen molar-refractivity contribution in [3.8, 4) is 11.3 Å². The predicted molar refractivity (Wildman–Crippen MR) is 130 cm³/mol. The molecule has 1 aromatic heterocycles. The van der Waals surface area contributed by atoms with Gasteiger partial charge in [0.15, 0.2) is 5.13 Å². The molecule has 2 amide bonds. The van der Waals surface area contributed by atoms with Crippen molar-refractivity contribution < 1.29 is 14.3 Å². The monoisotopic (exact) mass is 457 g/mol. The smallest absolute Gasteiger partial charge is 0.408 e. The van der Waals surface area contributed by atoms with Crippen LogP contribution in [0.15, 0.2) is 96.4 Å². The zero-order valence-corrected chi connectivity index (χ0v) is 18.6. The highest BCUT2D eigenvalue weighted by atomic mass is 32.1. The van der Waals surface area contributed by atoms with Crippen LogP contribution in [-0.4, -0.2) is 23.0 Å². The molecule has 0 spiro atoms. The fraction of sp³-hybridized carbons (Fsp3) is 0.115. The van der Waals surface area contributed by atoms with Crippen molar-refractivity contribution in [2.24, 2.45) is 0 Å². The Balaban J connectivity index is 1.42. The van der Waals surface area contributed by atoms with Crippen LogP contribution in [-0.2, 0) is 22.6 Å². The summed E-state index contributed by atoms with van der Waals surface area (Å²) in [4.78, 5) is 30.0. The molecule has 0 saturated heterocycles. The summed E-state index contributed by atoms with van der Waals surface area (Å²) in [6, 6.07) is 27.8. The maximum atomic E-state index is 13.1. The molecule has 4 aromatic rings. The van der Waals surface area contributed by atoms with E-state index in [2.05, 4.69) is 15.6 Å². The standard InChI is InChI=1S/C26H23N3O3S/c30-24(29-25-27-23(18-33-25)21-14-8-3-9-15-21)22(16-19-10-4-1-5-11-19)28-26(31)32-17-20-12-6-2-7-13-20/h1-15,18,22H,16-17H2,(H,28,31)(H,27,29,30)/t22-/m1/s1. The zero-order valence-electron chi connectivity index (χ0n) is 17.8. The SMILES string of the molecule is O=C(N[C@H](Cc1ccccc1)C(=O)Nc1nc(-c2ccccc2)cs1)OCc1ccccc1. The zero-order chi connectivity index (χ0) is 22.9. The maximum Gasteiger partial charge on any atom is 0.408 e. The van der Waals surface area contributed by atoms with Crippen LogP contribution >= 0.6 is 11.3 Å². The molecule has 0 radical (unpaired) electrons. The summed E-state index contributed by atoms with van der Waals surface area (Å²) in [6.45, 7) is 0.124. The molecular weight excluding hydrogens is 434 g/mol. The molecule has 3 aromatic carbocycles. The van der Waals surface area contributed by atoms with Crippen LogP contribution in [0, 0.1) is 0 Å². The van der Waals surface area contributed by atoms with Gasteiger partial charge in [0.25, 0.3) is 0 Å². The highest BCUT2D eigenvalue weighted by molar-refractivity contribution is 7.14. The predicted octanol–water partition coefficient (Wildman–Crippen LogP) is 5.29. The van der Waals surface area contributed by atoms with E-state index in [4.69, 9.17) is 4.74 Å². The molecule has 0 aliphatic rings. The number of hydrogen-bond acceptors (Lipinski definition) is 5. The number of hydrogen-bond donors (Lipinski definition) is 2. The van der Waals surface area contributed by atoms with Crippen molar-refractivity contribution >= 4 is 28.5 Å². The Morgan fingerprint density at radius 2 is 1.45 bits per heavy atom. The summed E-state index contributed by atoms with van der Waals surface area (Å²) in [6.07, 6.45) is -0.330. The minimum Gasteiger partial charge on any atom is -0.445 e. The third-order valence-corrected chi connectivity index (χ3v) is 5.67. The van der Waals surface area contributed by atoms with Crippen LogP contribution in [0.1, 0.15) is 11.1 Å². The maximum absolute atomic E-state index is 13.1. The number of benzene rings is 3. The van der Waals surface area contributed by atoms with Gasteiger partial charge in [-0.05, 0) is 11.1 Å². The number of amides is 2. The van der Waals surface area contributed by atoms with E-state index in [9.17, 15) is 9.59 Å². The Hall–Kier alpha value is -3.97. The molecule has 166 valence electrons. The number of anilines is 1. The Labute approximate surface area is 196 Å². The van der Waals surface area contributed by atoms with Gasteiger partial charge in [0.1, 0.15) is 12.6 Å². The first-order valence-electron chi connectivity index (χ1n) is 10.5. The second-order valence-electron chi connectivity index (χ2n) is 7.34. The van der Waals surface area contributed by atoms with E-state index in [1.807, 2.05) is 96.4 Å². The molecule has 2 N–H and O–H groups in total. The van der Waals surface area contributed by atoms with Crippen LogP contribution in [0.5, 0.6) is 0 Å². The number of nitrogens with zero attached hydrogens (tertiary/aromatic N) is 1.